The smallest absolute Gasteiger partial charge is 0.248 e. The van der Waals surface area contributed by atoms with Crippen molar-refractivity contribution in [1.29, 1.82) is 0 Å². The molecule has 17 heavy (non-hydrogen) atoms. The van der Waals surface area contributed by atoms with Crippen LogP contribution in [-0.2, 0) is 9.59 Å². The van der Waals surface area contributed by atoms with Crippen LogP contribution in [-0.4, -0.2) is 31.5 Å². The van der Waals surface area contributed by atoms with Gasteiger partial charge >= 0.3 is 0 Å². The predicted octanol–water partition coefficient (Wildman–Crippen LogP) is 0.997. The summed E-state index contributed by atoms with van der Waals surface area (Å²) in [6.07, 6.45) is 2.85. The number of aldehydes is 1. The molecule has 1 amide bonds. The summed E-state index contributed by atoms with van der Waals surface area (Å²) in [7, 11) is 2.57. The molecule has 0 atom stereocenters. The lowest BCUT2D eigenvalue weighted by Crippen LogP contribution is -2.07. The van der Waals surface area contributed by atoms with Gasteiger partial charge in [-0.05, 0) is 30.3 Å². The van der Waals surface area contributed by atoms with E-state index in [1.165, 1.54) is 0 Å². The maximum absolute atomic E-state index is 11.1. The first kappa shape index (κ1) is 14.9. The van der Waals surface area contributed by atoms with Gasteiger partial charge in [0, 0.05) is 18.9 Å². The molecule has 0 fully saturated rings. The highest BCUT2D eigenvalue weighted by atomic mass is 16.5. The molecule has 0 unspecified atom stereocenters. The minimum Gasteiger partial charge on any atom is -0.497 e. The van der Waals surface area contributed by atoms with Gasteiger partial charge < -0.3 is 15.2 Å². The van der Waals surface area contributed by atoms with Crippen molar-refractivity contribution in [2.45, 2.75) is 0 Å². The second kappa shape index (κ2) is 9.11. The molecule has 0 aliphatic heterocycles. The number of allylic oxidation sites excluding steroid dienone is 1. The average molecular weight is 237 g/mol. The highest BCUT2D eigenvalue weighted by Gasteiger charge is 1.97. The summed E-state index contributed by atoms with van der Waals surface area (Å²) in [6.45, 7) is 0. The fourth-order valence-corrected chi connectivity index (χ4v) is 0.985. The van der Waals surface area contributed by atoms with Gasteiger partial charge in [0.05, 0.1) is 7.11 Å². The topological polar surface area (TPSA) is 75.6 Å². The first-order valence-corrected chi connectivity index (χ1v) is 4.78. The molecule has 5 heteroatoms. The number of nitrogens with one attached hydrogen (secondary N) is 1. The summed E-state index contributed by atoms with van der Waals surface area (Å²) in [5.41, 5.74) is 0.649. The zero-order valence-electron chi connectivity index (χ0n) is 9.71. The molecule has 0 radical (unpaired) electrons. The molecule has 0 heterocycles. The van der Waals surface area contributed by atoms with E-state index in [2.05, 4.69) is 5.32 Å². The molecule has 92 valence electrons. The predicted molar refractivity (Wildman–Crippen MR) is 65.0 cm³/mol. The SMILES string of the molecule is CO.COc1ccc(NC(=O)/C=C\C=O)cc1. The summed E-state index contributed by atoms with van der Waals surface area (Å²) >= 11 is 0. The van der Waals surface area contributed by atoms with Gasteiger partial charge in [-0.3, -0.25) is 9.59 Å². The Morgan fingerprint density at radius 3 is 2.35 bits per heavy atom. The Bertz CT molecular complexity index is 371. The van der Waals surface area contributed by atoms with Gasteiger partial charge in [-0.1, -0.05) is 0 Å². The van der Waals surface area contributed by atoms with E-state index in [4.69, 9.17) is 9.84 Å². The van der Waals surface area contributed by atoms with Crippen molar-refractivity contribution in [3.63, 3.8) is 0 Å². The standard InChI is InChI=1S/C11H11NO3.CH4O/c1-15-10-6-4-9(5-7-10)12-11(14)3-2-8-13;1-2/h2-8H,1H3,(H,12,14);2H,1H3/b3-2-;. The Morgan fingerprint density at radius 1 is 1.29 bits per heavy atom. The van der Waals surface area contributed by atoms with E-state index in [0.29, 0.717) is 12.0 Å². The van der Waals surface area contributed by atoms with E-state index < -0.39 is 0 Å². The fourth-order valence-electron chi connectivity index (χ4n) is 0.985. The Hall–Kier alpha value is -2.14. The van der Waals surface area contributed by atoms with E-state index >= 15 is 0 Å². The molecule has 0 spiro atoms. The van der Waals surface area contributed by atoms with Gasteiger partial charge in [-0.2, -0.15) is 0 Å². The van der Waals surface area contributed by atoms with Crippen LogP contribution in [0.25, 0.3) is 0 Å². The minimum absolute atomic E-state index is 0.340. The summed E-state index contributed by atoms with van der Waals surface area (Å²) < 4.78 is 4.97. The van der Waals surface area contributed by atoms with Crippen molar-refractivity contribution in [2.24, 2.45) is 0 Å². The van der Waals surface area contributed by atoms with Crippen LogP contribution < -0.4 is 10.1 Å². The van der Waals surface area contributed by atoms with Crippen LogP contribution in [0.15, 0.2) is 36.4 Å². The van der Waals surface area contributed by atoms with Crippen molar-refractivity contribution in [3.8, 4) is 5.75 Å². The molecule has 1 aromatic carbocycles. The number of carbonyl (C=O) groups is 2. The Labute approximate surface area is 99.7 Å². The van der Waals surface area contributed by atoms with E-state index in [1.807, 2.05) is 0 Å². The third kappa shape index (κ3) is 6.11. The van der Waals surface area contributed by atoms with Crippen LogP contribution in [0.5, 0.6) is 5.75 Å². The van der Waals surface area contributed by atoms with E-state index in [0.717, 1.165) is 25.0 Å². The highest BCUT2D eigenvalue weighted by molar-refractivity contribution is 6.01. The molecule has 5 nitrogen and oxygen atoms in total. The number of carbonyl (C=O) groups excluding carboxylic acids is 2. The van der Waals surface area contributed by atoms with Crippen LogP contribution >= 0.6 is 0 Å². The second-order valence-electron chi connectivity index (χ2n) is 2.71. The number of ether oxygens (including phenoxy) is 1. The van der Waals surface area contributed by atoms with Crippen LogP contribution in [0.1, 0.15) is 0 Å². The van der Waals surface area contributed by atoms with Crippen molar-refractivity contribution in [2.75, 3.05) is 19.5 Å². The number of benzene rings is 1. The number of anilines is 1. The van der Waals surface area contributed by atoms with Crippen LogP contribution in [0.3, 0.4) is 0 Å². The zero-order chi connectivity index (χ0) is 13.1. The lowest BCUT2D eigenvalue weighted by atomic mass is 10.3. The number of amides is 1. The number of hydrogen-bond donors (Lipinski definition) is 2. The highest BCUT2D eigenvalue weighted by Crippen LogP contribution is 2.14. The molecule has 0 aromatic heterocycles. The summed E-state index contributed by atoms with van der Waals surface area (Å²) in [4.78, 5) is 21.1. The second-order valence-corrected chi connectivity index (χ2v) is 2.71. The molecule has 0 aliphatic carbocycles. The average Bonchev–Trinajstić information content (AvgIpc) is 2.39. The van der Waals surface area contributed by atoms with Crippen LogP contribution in [0.4, 0.5) is 5.69 Å². The summed E-state index contributed by atoms with van der Waals surface area (Å²) in [5.74, 6) is 0.378. The maximum atomic E-state index is 11.1. The van der Waals surface area contributed by atoms with Crippen molar-refractivity contribution in [1.82, 2.24) is 0 Å². The van der Waals surface area contributed by atoms with E-state index in [9.17, 15) is 9.59 Å². The third-order valence-corrected chi connectivity index (χ3v) is 1.68. The number of methoxy groups -OCH3 is 1. The summed E-state index contributed by atoms with van der Waals surface area (Å²) in [5, 5.41) is 9.59. The summed E-state index contributed by atoms with van der Waals surface area (Å²) in [6, 6.07) is 6.90. The molecular weight excluding hydrogens is 222 g/mol. The number of hydrogen-bond acceptors (Lipinski definition) is 4. The van der Waals surface area contributed by atoms with Crippen LogP contribution in [0.2, 0.25) is 0 Å². The molecule has 2 N–H and O–H groups in total. The van der Waals surface area contributed by atoms with Crippen molar-refractivity contribution in [3.05, 3.63) is 36.4 Å². The molecule has 1 rings (SSSR count). The van der Waals surface area contributed by atoms with Gasteiger partial charge in [-0.25, -0.2) is 0 Å². The Kier molecular flexibility index (Phi) is 7.97. The normalized spacial score (nSPS) is 9.12. The lowest BCUT2D eigenvalue weighted by Gasteiger charge is -2.03. The van der Waals surface area contributed by atoms with E-state index in [-0.39, 0.29) is 5.91 Å². The monoisotopic (exact) mass is 237 g/mol. The molecular formula is C12H15NO4. The van der Waals surface area contributed by atoms with Crippen molar-refractivity contribution >= 4 is 17.9 Å². The van der Waals surface area contributed by atoms with Gasteiger partial charge in [-0.15, -0.1) is 0 Å². The molecule has 0 bridgehead atoms. The maximum Gasteiger partial charge on any atom is 0.248 e. The minimum atomic E-state index is -0.340. The molecule has 1 aromatic rings. The van der Waals surface area contributed by atoms with Gasteiger partial charge in [0.1, 0.15) is 12.0 Å². The van der Waals surface area contributed by atoms with Crippen molar-refractivity contribution < 1.29 is 19.4 Å². The lowest BCUT2D eigenvalue weighted by molar-refractivity contribution is -0.112. The molecule has 0 saturated carbocycles. The fraction of sp³-hybridized carbons (Fsp3) is 0.167. The number of rotatable bonds is 4. The first-order valence-electron chi connectivity index (χ1n) is 4.78. The van der Waals surface area contributed by atoms with Gasteiger partial charge in [0.25, 0.3) is 0 Å². The van der Waals surface area contributed by atoms with Gasteiger partial charge in [0.2, 0.25) is 5.91 Å². The van der Waals surface area contributed by atoms with Crippen LogP contribution in [0, 0.1) is 0 Å². The first-order chi connectivity index (χ1) is 8.26. The molecule has 0 saturated heterocycles. The van der Waals surface area contributed by atoms with Gasteiger partial charge in [0.15, 0.2) is 0 Å². The molecule has 0 aliphatic rings. The quantitative estimate of drug-likeness (QED) is 0.605. The zero-order valence-corrected chi connectivity index (χ0v) is 9.71. The number of aliphatic hydroxyl groups excluding tert-OH is 1. The Balaban J connectivity index is 0.00000121. The van der Waals surface area contributed by atoms with E-state index in [1.54, 1.807) is 31.4 Å². The number of aliphatic hydroxyl groups is 1. The largest absolute Gasteiger partial charge is 0.497 e. The Morgan fingerprint density at radius 2 is 1.88 bits per heavy atom. The third-order valence-electron chi connectivity index (χ3n) is 1.68.